The van der Waals surface area contributed by atoms with Crippen molar-refractivity contribution in [1.82, 2.24) is 10.3 Å². The Bertz CT molecular complexity index is 833. The molecule has 1 atom stereocenters. The summed E-state index contributed by atoms with van der Waals surface area (Å²) < 4.78 is 22.9. The second kappa shape index (κ2) is 8.18. The summed E-state index contributed by atoms with van der Waals surface area (Å²) in [6.45, 7) is 1.62. The van der Waals surface area contributed by atoms with E-state index in [2.05, 4.69) is 15.2 Å². The largest absolute Gasteiger partial charge is 0.354 e. The molecule has 26 heavy (non-hydrogen) atoms. The van der Waals surface area contributed by atoms with E-state index in [1.165, 1.54) is 6.26 Å². The van der Waals surface area contributed by atoms with Crippen LogP contribution in [-0.2, 0) is 21.1 Å². The summed E-state index contributed by atoms with van der Waals surface area (Å²) in [5.41, 5.74) is 0.956. The van der Waals surface area contributed by atoms with Crippen LogP contribution >= 0.6 is 11.3 Å². The average molecular weight is 394 g/mol. The van der Waals surface area contributed by atoms with Crippen molar-refractivity contribution in [3.63, 3.8) is 0 Å². The van der Waals surface area contributed by atoms with E-state index in [-0.39, 0.29) is 5.91 Å². The van der Waals surface area contributed by atoms with Gasteiger partial charge in [0.05, 0.1) is 4.90 Å². The topological polar surface area (TPSA) is 79.4 Å². The number of sulfone groups is 1. The molecular formula is C18H23N3O3S2. The number of hydrogen-bond acceptors (Lipinski definition) is 6. The maximum atomic E-state index is 12.2. The number of nitrogens with zero attached hydrogens (tertiary/aromatic N) is 2. The van der Waals surface area contributed by atoms with Gasteiger partial charge < -0.3 is 10.2 Å². The molecule has 140 valence electrons. The van der Waals surface area contributed by atoms with Crippen molar-refractivity contribution < 1.29 is 13.2 Å². The van der Waals surface area contributed by atoms with Crippen LogP contribution in [0.1, 0.15) is 24.8 Å². The lowest BCUT2D eigenvalue weighted by Crippen LogP contribution is -2.40. The lowest BCUT2D eigenvalue weighted by molar-refractivity contribution is -0.121. The van der Waals surface area contributed by atoms with Crippen LogP contribution < -0.4 is 10.2 Å². The Labute approximate surface area is 158 Å². The lowest BCUT2D eigenvalue weighted by Gasteiger charge is -2.24. The second-order valence-electron chi connectivity index (χ2n) is 6.52. The SMILES string of the molecule is CS(=O)(=O)c1ccc(CCC(=O)NC[C@@H]2CCCN2c2nccs2)cc1. The fraction of sp³-hybridized carbons (Fsp3) is 0.444. The number of carbonyl (C=O) groups is 1. The molecule has 1 aromatic carbocycles. The Morgan fingerprint density at radius 1 is 1.35 bits per heavy atom. The lowest BCUT2D eigenvalue weighted by atomic mass is 10.1. The highest BCUT2D eigenvalue weighted by atomic mass is 32.2. The Morgan fingerprint density at radius 2 is 2.12 bits per heavy atom. The number of aromatic nitrogens is 1. The average Bonchev–Trinajstić information content (AvgIpc) is 3.28. The van der Waals surface area contributed by atoms with Crippen LogP contribution in [0.4, 0.5) is 5.13 Å². The Kier molecular flexibility index (Phi) is 5.93. The molecule has 1 aliphatic heterocycles. The number of thiazole rings is 1. The molecule has 1 aromatic heterocycles. The molecule has 0 unspecified atom stereocenters. The summed E-state index contributed by atoms with van der Waals surface area (Å²) in [6.07, 6.45) is 6.16. The van der Waals surface area contributed by atoms with E-state index in [0.717, 1.165) is 30.1 Å². The summed E-state index contributed by atoms with van der Waals surface area (Å²) in [5, 5.41) is 6.01. The highest BCUT2D eigenvalue weighted by molar-refractivity contribution is 7.90. The molecule has 0 aliphatic carbocycles. The highest BCUT2D eigenvalue weighted by Crippen LogP contribution is 2.26. The fourth-order valence-electron chi connectivity index (χ4n) is 3.14. The number of amides is 1. The first-order valence-corrected chi connectivity index (χ1v) is 11.4. The molecule has 0 spiro atoms. The van der Waals surface area contributed by atoms with Crippen molar-refractivity contribution in [2.45, 2.75) is 36.6 Å². The van der Waals surface area contributed by atoms with E-state index < -0.39 is 9.84 Å². The summed E-state index contributed by atoms with van der Waals surface area (Å²) in [4.78, 5) is 19.1. The van der Waals surface area contributed by atoms with E-state index >= 15 is 0 Å². The number of anilines is 1. The van der Waals surface area contributed by atoms with E-state index in [9.17, 15) is 13.2 Å². The molecule has 0 radical (unpaired) electrons. The van der Waals surface area contributed by atoms with Gasteiger partial charge in [-0.15, -0.1) is 11.3 Å². The van der Waals surface area contributed by atoms with Gasteiger partial charge in [0.15, 0.2) is 15.0 Å². The van der Waals surface area contributed by atoms with Gasteiger partial charge in [0, 0.05) is 43.4 Å². The normalized spacial score (nSPS) is 17.4. The minimum Gasteiger partial charge on any atom is -0.354 e. The fourth-order valence-corrected chi connectivity index (χ4v) is 4.51. The van der Waals surface area contributed by atoms with E-state index in [0.29, 0.717) is 30.3 Å². The number of hydrogen-bond donors (Lipinski definition) is 1. The minimum absolute atomic E-state index is 0.0168. The monoisotopic (exact) mass is 393 g/mol. The predicted octanol–water partition coefficient (Wildman–Crippen LogP) is 2.26. The van der Waals surface area contributed by atoms with E-state index in [1.54, 1.807) is 35.6 Å². The van der Waals surface area contributed by atoms with Gasteiger partial charge in [0.1, 0.15) is 0 Å². The molecule has 1 N–H and O–H groups in total. The zero-order valence-corrected chi connectivity index (χ0v) is 16.4. The summed E-state index contributed by atoms with van der Waals surface area (Å²) >= 11 is 1.63. The molecule has 1 aliphatic rings. The summed E-state index contributed by atoms with van der Waals surface area (Å²) in [5.74, 6) is 0.0168. The van der Waals surface area contributed by atoms with Crippen LogP contribution in [0.3, 0.4) is 0 Å². The first-order chi connectivity index (χ1) is 12.4. The molecule has 0 saturated carbocycles. The van der Waals surface area contributed by atoms with E-state index in [1.807, 2.05) is 11.6 Å². The third-order valence-electron chi connectivity index (χ3n) is 4.57. The molecule has 6 nitrogen and oxygen atoms in total. The second-order valence-corrected chi connectivity index (χ2v) is 9.41. The van der Waals surface area contributed by atoms with Crippen molar-refractivity contribution in [2.75, 3.05) is 24.2 Å². The number of carbonyl (C=O) groups excluding carboxylic acids is 1. The molecule has 1 saturated heterocycles. The maximum absolute atomic E-state index is 12.2. The van der Waals surface area contributed by atoms with Crippen LogP contribution in [0.5, 0.6) is 0 Å². The van der Waals surface area contributed by atoms with Gasteiger partial charge in [-0.3, -0.25) is 4.79 Å². The molecular weight excluding hydrogens is 370 g/mol. The molecule has 8 heteroatoms. The third-order valence-corrected chi connectivity index (χ3v) is 6.51. The van der Waals surface area contributed by atoms with Gasteiger partial charge in [-0.05, 0) is 37.0 Å². The first kappa shape index (κ1) is 18.8. The minimum atomic E-state index is -3.18. The van der Waals surface area contributed by atoms with Gasteiger partial charge in [0.25, 0.3) is 0 Å². The number of benzene rings is 1. The van der Waals surface area contributed by atoms with Gasteiger partial charge >= 0.3 is 0 Å². The van der Waals surface area contributed by atoms with Crippen molar-refractivity contribution in [1.29, 1.82) is 0 Å². The van der Waals surface area contributed by atoms with Crippen molar-refractivity contribution in [3.8, 4) is 0 Å². The first-order valence-electron chi connectivity index (χ1n) is 8.65. The van der Waals surface area contributed by atoms with Crippen molar-refractivity contribution in [2.24, 2.45) is 0 Å². The van der Waals surface area contributed by atoms with Gasteiger partial charge in [-0.2, -0.15) is 0 Å². The zero-order valence-electron chi connectivity index (χ0n) is 14.7. The maximum Gasteiger partial charge on any atom is 0.220 e. The van der Waals surface area contributed by atoms with Crippen LogP contribution in [-0.4, -0.2) is 44.7 Å². The third kappa shape index (κ3) is 4.82. The Balaban J connectivity index is 1.46. The molecule has 2 aromatic rings. The number of nitrogens with one attached hydrogen (secondary N) is 1. The molecule has 0 bridgehead atoms. The molecule has 1 amide bonds. The van der Waals surface area contributed by atoms with Gasteiger partial charge in [0.2, 0.25) is 5.91 Å². The predicted molar refractivity (Wildman–Crippen MR) is 103 cm³/mol. The molecule has 3 rings (SSSR count). The molecule has 1 fully saturated rings. The molecule has 2 heterocycles. The zero-order chi connectivity index (χ0) is 18.6. The van der Waals surface area contributed by atoms with Crippen molar-refractivity contribution >= 4 is 32.2 Å². The standard InChI is InChI=1S/C18H23N3O3S2/c1-26(23,24)16-7-4-14(5-8-16)6-9-17(22)20-13-15-3-2-11-21(15)18-19-10-12-25-18/h4-5,7-8,10,12,15H,2-3,6,9,11,13H2,1H3,(H,20,22)/t15-/m0/s1. The Morgan fingerprint density at radius 3 is 2.77 bits per heavy atom. The van der Waals surface area contributed by atoms with Crippen molar-refractivity contribution in [3.05, 3.63) is 41.4 Å². The van der Waals surface area contributed by atoms with Crippen LogP contribution in [0.25, 0.3) is 0 Å². The summed E-state index contributed by atoms with van der Waals surface area (Å²) in [7, 11) is -3.18. The summed E-state index contributed by atoms with van der Waals surface area (Å²) in [6, 6.07) is 7.02. The van der Waals surface area contributed by atoms with Gasteiger partial charge in [-0.1, -0.05) is 12.1 Å². The van der Waals surface area contributed by atoms with Crippen LogP contribution in [0.2, 0.25) is 0 Å². The van der Waals surface area contributed by atoms with Gasteiger partial charge in [-0.25, -0.2) is 13.4 Å². The van der Waals surface area contributed by atoms with E-state index in [4.69, 9.17) is 0 Å². The highest BCUT2D eigenvalue weighted by Gasteiger charge is 2.26. The smallest absolute Gasteiger partial charge is 0.220 e. The number of rotatable bonds is 7. The quantitative estimate of drug-likeness (QED) is 0.781. The number of aryl methyl sites for hydroxylation is 1. The Hall–Kier alpha value is -1.93. The van der Waals surface area contributed by atoms with Crippen LogP contribution in [0, 0.1) is 0 Å². The van der Waals surface area contributed by atoms with Crippen LogP contribution in [0.15, 0.2) is 40.7 Å².